The first kappa shape index (κ1) is 11.2. The number of H-pyrrole nitrogens is 1. The van der Waals surface area contributed by atoms with Gasteiger partial charge in [0, 0.05) is 12.1 Å². The van der Waals surface area contributed by atoms with E-state index < -0.39 is 11.6 Å². The van der Waals surface area contributed by atoms with Gasteiger partial charge in [-0.2, -0.15) is 0 Å². The molecule has 0 bridgehead atoms. The Labute approximate surface area is 86.3 Å². The molecule has 1 N–H and O–H groups in total. The van der Waals surface area contributed by atoms with E-state index in [-0.39, 0.29) is 0 Å². The lowest BCUT2D eigenvalue weighted by Crippen LogP contribution is -1.82. The van der Waals surface area contributed by atoms with Gasteiger partial charge in [-0.05, 0) is 13.8 Å². The Balaban J connectivity index is 0.000000245. The maximum Gasteiger partial charge on any atom is 0.161 e. The second-order valence-electron chi connectivity index (χ2n) is 2.69. The molecule has 1 heterocycles. The van der Waals surface area contributed by atoms with Crippen molar-refractivity contribution in [2.75, 3.05) is 0 Å². The van der Waals surface area contributed by atoms with Crippen LogP contribution in [0.3, 0.4) is 0 Å². The molecule has 0 spiro atoms. The maximum absolute atomic E-state index is 12.5. The fourth-order valence-corrected chi connectivity index (χ4v) is 0.930. The fraction of sp³-hybridized carbons (Fsp3) is 0.182. The first-order valence-corrected chi connectivity index (χ1v) is 4.30. The van der Waals surface area contributed by atoms with Gasteiger partial charge in [0.25, 0.3) is 0 Å². The summed E-state index contributed by atoms with van der Waals surface area (Å²) >= 11 is 0. The minimum atomic E-state index is -0.871. The third kappa shape index (κ3) is 2.78. The highest BCUT2D eigenvalue weighted by Gasteiger charge is 2.04. The Bertz CT molecular complexity index is 464. The van der Waals surface area contributed by atoms with Gasteiger partial charge >= 0.3 is 0 Å². The second-order valence-corrected chi connectivity index (χ2v) is 2.69. The molecule has 78 valence electrons. The first-order chi connectivity index (χ1) is 7.19. The van der Waals surface area contributed by atoms with Gasteiger partial charge < -0.3 is 4.98 Å². The smallest absolute Gasteiger partial charge is 0.161 e. The molecule has 0 fully saturated rings. The number of hydrogen-bond donors (Lipinski definition) is 1. The minimum absolute atomic E-state index is 0.434. The lowest BCUT2D eigenvalue weighted by molar-refractivity contribution is 0.510. The summed E-state index contributed by atoms with van der Waals surface area (Å²) in [5.41, 5.74) is 0.938. The van der Waals surface area contributed by atoms with Crippen LogP contribution >= 0.6 is 0 Å². The zero-order valence-corrected chi connectivity index (χ0v) is 8.44. The lowest BCUT2D eigenvalue weighted by atomic mass is 10.3. The Morgan fingerprint density at radius 3 is 2.33 bits per heavy atom. The highest BCUT2D eigenvalue weighted by molar-refractivity contribution is 5.74. The molecule has 15 heavy (non-hydrogen) atoms. The molecule has 0 atom stereocenters. The molecule has 0 saturated heterocycles. The topological polar surface area (TPSA) is 28.7 Å². The van der Waals surface area contributed by atoms with Crippen LogP contribution in [-0.2, 0) is 0 Å². The van der Waals surface area contributed by atoms with Crippen LogP contribution in [0.2, 0.25) is 0 Å². The highest BCUT2D eigenvalue weighted by Crippen LogP contribution is 2.13. The van der Waals surface area contributed by atoms with Gasteiger partial charge in [-0.25, -0.2) is 13.8 Å². The molecule has 0 aliphatic carbocycles. The van der Waals surface area contributed by atoms with Crippen LogP contribution in [0.4, 0.5) is 8.78 Å². The van der Waals surface area contributed by atoms with Crippen LogP contribution in [0.15, 0.2) is 18.5 Å². The van der Waals surface area contributed by atoms with Gasteiger partial charge in [0.15, 0.2) is 11.6 Å². The third-order valence-corrected chi connectivity index (χ3v) is 1.71. The van der Waals surface area contributed by atoms with Gasteiger partial charge in [0.1, 0.15) is 0 Å². The van der Waals surface area contributed by atoms with Gasteiger partial charge in [-0.1, -0.05) is 0 Å². The monoisotopic (exact) mass is 208 g/mol. The molecule has 2 aromatic rings. The van der Waals surface area contributed by atoms with Crippen LogP contribution in [0.1, 0.15) is 13.8 Å². The number of nitrogens with one attached hydrogen (secondary N) is 1. The summed E-state index contributed by atoms with van der Waals surface area (Å²) in [5.74, 6) is 3.63. The van der Waals surface area contributed by atoms with E-state index in [0.717, 1.165) is 12.1 Å². The number of nitrogens with zero attached hydrogens (tertiary/aromatic N) is 1. The van der Waals surface area contributed by atoms with E-state index in [9.17, 15) is 8.78 Å². The van der Waals surface area contributed by atoms with E-state index in [4.69, 9.17) is 0 Å². The molecule has 0 unspecified atom stereocenters. The number of hydrogen-bond acceptors (Lipinski definition) is 1. The largest absolute Gasteiger partial charge is 0.345 e. The summed E-state index contributed by atoms with van der Waals surface area (Å²) in [5, 5.41) is 0. The van der Waals surface area contributed by atoms with Crippen molar-refractivity contribution in [1.82, 2.24) is 9.97 Å². The zero-order valence-electron chi connectivity index (χ0n) is 8.44. The normalized spacial score (nSPS) is 8.80. The van der Waals surface area contributed by atoms with Crippen molar-refractivity contribution in [1.29, 1.82) is 0 Å². The van der Waals surface area contributed by atoms with Crippen LogP contribution in [0.5, 0.6) is 0 Å². The van der Waals surface area contributed by atoms with E-state index in [1.165, 1.54) is 6.33 Å². The van der Waals surface area contributed by atoms with E-state index in [1.807, 2.05) is 13.8 Å². The molecule has 1 aromatic carbocycles. The number of aromatic nitrogens is 2. The molecule has 0 amide bonds. The van der Waals surface area contributed by atoms with Crippen LogP contribution < -0.4 is 0 Å². The number of aromatic amines is 1. The fourth-order valence-electron chi connectivity index (χ4n) is 0.930. The molecular weight excluding hydrogens is 198 g/mol. The second kappa shape index (κ2) is 5.11. The van der Waals surface area contributed by atoms with E-state index >= 15 is 0 Å². The summed E-state index contributed by atoms with van der Waals surface area (Å²) in [6.45, 7) is 3.64. The quantitative estimate of drug-likeness (QED) is 0.662. The molecular formula is C11H10F2N2. The molecule has 2 rings (SSSR count). The molecule has 2 nitrogen and oxygen atoms in total. The number of benzene rings is 1. The average Bonchev–Trinajstić information content (AvgIpc) is 2.66. The van der Waals surface area contributed by atoms with Gasteiger partial charge in [-0.15, -0.1) is 11.8 Å². The summed E-state index contributed by atoms with van der Waals surface area (Å²) in [6, 6.07) is 2.14. The standard InChI is InChI=1S/C7H4F2N2.C4H6/c8-4-1-6-7(2-5(4)9)11-3-10-6;1-3-4-2/h1-3H,(H,10,11);1-2H3. The summed E-state index contributed by atoms with van der Waals surface area (Å²) in [6.07, 6.45) is 1.39. The summed E-state index contributed by atoms with van der Waals surface area (Å²) in [4.78, 5) is 6.43. The Hall–Kier alpha value is -1.89. The van der Waals surface area contributed by atoms with Crippen molar-refractivity contribution in [2.24, 2.45) is 0 Å². The van der Waals surface area contributed by atoms with Crippen molar-refractivity contribution >= 4 is 11.0 Å². The number of imidazole rings is 1. The summed E-state index contributed by atoms with van der Waals surface area (Å²) in [7, 11) is 0. The highest BCUT2D eigenvalue weighted by atomic mass is 19.2. The number of halogens is 2. The molecule has 1 aromatic heterocycles. The Kier molecular flexibility index (Phi) is 3.81. The number of fused-ring (bicyclic) bond motifs is 1. The average molecular weight is 208 g/mol. The predicted molar refractivity (Wildman–Crippen MR) is 55.1 cm³/mol. The van der Waals surface area contributed by atoms with Crippen LogP contribution in [-0.4, -0.2) is 9.97 Å². The van der Waals surface area contributed by atoms with Gasteiger partial charge in [-0.3, -0.25) is 0 Å². The Morgan fingerprint density at radius 2 is 1.73 bits per heavy atom. The van der Waals surface area contributed by atoms with E-state index in [0.29, 0.717) is 11.0 Å². The van der Waals surface area contributed by atoms with Crippen LogP contribution in [0.25, 0.3) is 11.0 Å². The lowest BCUT2D eigenvalue weighted by Gasteiger charge is -1.90. The minimum Gasteiger partial charge on any atom is -0.345 e. The van der Waals surface area contributed by atoms with E-state index in [1.54, 1.807) is 0 Å². The van der Waals surface area contributed by atoms with Crippen molar-refractivity contribution in [2.45, 2.75) is 13.8 Å². The first-order valence-electron chi connectivity index (χ1n) is 4.30. The van der Waals surface area contributed by atoms with E-state index in [2.05, 4.69) is 21.8 Å². The van der Waals surface area contributed by atoms with Crippen LogP contribution in [0, 0.1) is 23.5 Å². The van der Waals surface area contributed by atoms with Crippen molar-refractivity contribution in [3.05, 3.63) is 30.1 Å². The molecule has 0 radical (unpaired) electrons. The molecule has 4 heteroatoms. The molecule has 0 saturated carbocycles. The number of rotatable bonds is 0. The third-order valence-electron chi connectivity index (χ3n) is 1.71. The van der Waals surface area contributed by atoms with Crippen molar-refractivity contribution in [3.8, 4) is 11.8 Å². The predicted octanol–water partition coefficient (Wildman–Crippen LogP) is 2.87. The molecule has 0 aliphatic heterocycles. The van der Waals surface area contributed by atoms with Gasteiger partial charge in [0.2, 0.25) is 0 Å². The summed E-state index contributed by atoms with van der Waals surface area (Å²) < 4.78 is 25.0. The Morgan fingerprint density at radius 1 is 1.13 bits per heavy atom. The SMILES string of the molecule is CC#CC.Fc1cc2nc[nH]c2cc1F. The van der Waals surface area contributed by atoms with Crippen molar-refractivity contribution in [3.63, 3.8) is 0 Å². The molecule has 0 aliphatic rings. The maximum atomic E-state index is 12.5. The van der Waals surface area contributed by atoms with Gasteiger partial charge in [0.05, 0.1) is 17.4 Å². The zero-order chi connectivity index (χ0) is 11.3. The van der Waals surface area contributed by atoms with Crippen molar-refractivity contribution < 1.29 is 8.78 Å².